The molecular weight excluding hydrogens is 495 g/mol. The van der Waals surface area contributed by atoms with Gasteiger partial charge in [0, 0.05) is 18.2 Å². The zero-order chi connectivity index (χ0) is 25.7. The first-order valence-corrected chi connectivity index (χ1v) is 12.2. The Bertz CT molecular complexity index is 1160. The Morgan fingerprint density at radius 3 is 2.72 bits per heavy atom. The average molecular weight is 523 g/mol. The van der Waals surface area contributed by atoms with Crippen molar-refractivity contribution >= 4 is 23.6 Å². The minimum atomic E-state index is -0.606. The number of nitrogens with one attached hydrogen (secondary N) is 1. The SMILES string of the molecule is CC(C)(C)OC(=O)N1CCOC(c2nnc(C34CC(NC(=O)COc5ccc(Cl)c(F)c5)(C3)C4)o2)C1. The van der Waals surface area contributed by atoms with E-state index in [0.29, 0.717) is 44.2 Å². The fourth-order valence-corrected chi connectivity index (χ4v) is 5.18. The standard InChI is InChI=1S/C24H28ClFN4O6/c1-22(2,3)36-21(32)30-6-7-33-17(9-30)19-28-29-20(35-19)23-11-24(12-23,13-23)27-18(31)10-34-14-4-5-15(25)16(26)8-14/h4-5,8,17H,6-7,9-13H2,1-3H3,(H,27,31). The van der Waals surface area contributed by atoms with Crippen LogP contribution in [0.5, 0.6) is 5.75 Å². The van der Waals surface area contributed by atoms with Gasteiger partial charge in [-0.2, -0.15) is 0 Å². The Labute approximate surface area is 212 Å². The Balaban J connectivity index is 1.12. The van der Waals surface area contributed by atoms with E-state index in [4.69, 9.17) is 30.2 Å². The summed E-state index contributed by atoms with van der Waals surface area (Å²) in [4.78, 5) is 26.3. The smallest absolute Gasteiger partial charge is 0.410 e. The summed E-state index contributed by atoms with van der Waals surface area (Å²) in [7, 11) is 0. The van der Waals surface area contributed by atoms with Crippen LogP contribution in [-0.4, -0.2) is 64.5 Å². The summed E-state index contributed by atoms with van der Waals surface area (Å²) in [5, 5.41) is 11.4. The monoisotopic (exact) mass is 522 g/mol. The molecule has 10 nitrogen and oxygen atoms in total. The number of nitrogens with zero attached hydrogens (tertiary/aromatic N) is 3. The molecule has 1 N–H and O–H groups in total. The van der Waals surface area contributed by atoms with Gasteiger partial charge in [-0.05, 0) is 52.2 Å². The molecule has 1 saturated heterocycles. The van der Waals surface area contributed by atoms with Crippen molar-refractivity contribution in [2.75, 3.05) is 26.3 Å². The Morgan fingerprint density at radius 1 is 1.28 bits per heavy atom. The maximum absolute atomic E-state index is 13.5. The fraction of sp³-hybridized carbons (Fsp3) is 0.583. The van der Waals surface area contributed by atoms with E-state index in [0.717, 1.165) is 6.07 Å². The van der Waals surface area contributed by atoms with Gasteiger partial charge in [0.15, 0.2) is 12.7 Å². The predicted octanol–water partition coefficient (Wildman–Crippen LogP) is 3.54. The van der Waals surface area contributed by atoms with Crippen molar-refractivity contribution in [1.82, 2.24) is 20.4 Å². The van der Waals surface area contributed by atoms with Crippen LogP contribution in [0.15, 0.2) is 22.6 Å². The van der Waals surface area contributed by atoms with Gasteiger partial charge in [0.25, 0.3) is 5.91 Å². The number of rotatable bonds is 6. The summed E-state index contributed by atoms with van der Waals surface area (Å²) in [5.41, 5.74) is -1.18. The zero-order valence-corrected chi connectivity index (χ0v) is 21.1. The number of benzene rings is 1. The lowest BCUT2D eigenvalue weighted by Crippen LogP contribution is -2.77. The maximum atomic E-state index is 13.5. The molecule has 0 spiro atoms. The third kappa shape index (κ3) is 4.86. The van der Waals surface area contributed by atoms with E-state index < -0.39 is 23.6 Å². The minimum Gasteiger partial charge on any atom is -0.484 e. The lowest BCUT2D eigenvalue weighted by molar-refractivity contribution is -0.143. The molecule has 36 heavy (non-hydrogen) atoms. The minimum absolute atomic E-state index is 0.00874. The van der Waals surface area contributed by atoms with E-state index in [1.54, 1.807) is 4.90 Å². The van der Waals surface area contributed by atoms with Crippen LogP contribution in [0.4, 0.5) is 9.18 Å². The molecule has 1 unspecified atom stereocenters. The molecule has 1 aliphatic heterocycles. The van der Waals surface area contributed by atoms with Crippen molar-refractivity contribution < 1.29 is 32.6 Å². The highest BCUT2D eigenvalue weighted by Crippen LogP contribution is 2.67. The highest BCUT2D eigenvalue weighted by atomic mass is 35.5. The normalized spacial score (nSPS) is 27.0. The molecule has 2 heterocycles. The van der Waals surface area contributed by atoms with Crippen LogP contribution in [0.1, 0.15) is 57.9 Å². The van der Waals surface area contributed by atoms with Crippen molar-refractivity contribution in [3.8, 4) is 5.75 Å². The topological polar surface area (TPSA) is 116 Å². The van der Waals surface area contributed by atoms with Crippen molar-refractivity contribution in [2.45, 2.75) is 62.7 Å². The first-order chi connectivity index (χ1) is 17.0. The van der Waals surface area contributed by atoms with Crippen LogP contribution >= 0.6 is 11.6 Å². The highest BCUT2D eigenvalue weighted by molar-refractivity contribution is 6.30. The van der Waals surface area contributed by atoms with E-state index in [9.17, 15) is 14.0 Å². The molecule has 2 aromatic rings. The van der Waals surface area contributed by atoms with Gasteiger partial charge < -0.3 is 28.8 Å². The van der Waals surface area contributed by atoms with Gasteiger partial charge in [0.1, 0.15) is 17.2 Å². The molecule has 3 saturated carbocycles. The second kappa shape index (κ2) is 8.88. The molecule has 0 radical (unpaired) electrons. The number of ether oxygens (including phenoxy) is 3. The third-order valence-electron chi connectivity index (χ3n) is 6.58. The van der Waals surface area contributed by atoms with Gasteiger partial charge in [-0.1, -0.05) is 11.6 Å². The molecule has 3 aliphatic carbocycles. The van der Waals surface area contributed by atoms with Gasteiger partial charge in [-0.15, -0.1) is 10.2 Å². The number of morpholine rings is 1. The van der Waals surface area contributed by atoms with Gasteiger partial charge in [-0.25, -0.2) is 9.18 Å². The van der Waals surface area contributed by atoms with E-state index in [1.165, 1.54) is 12.1 Å². The van der Waals surface area contributed by atoms with Gasteiger partial charge >= 0.3 is 6.09 Å². The van der Waals surface area contributed by atoms with E-state index >= 15 is 0 Å². The van der Waals surface area contributed by atoms with Gasteiger partial charge in [0.05, 0.1) is 23.6 Å². The molecule has 2 amide bonds. The molecule has 1 aromatic heterocycles. The lowest BCUT2D eigenvalue weighted by Gasteiger charge is -2.68. The van der Waals surface area contributed by atoms with Crippen molar-refractivity contribution in [3.05, 3.63) is 40.8 Å². The van der Waals surface area contributed by atoms with Gasteiger partial charge in [-0.3, -0.25) is 4.79 Å². The lowest BCUT2D eigenvalue weighted by atomic mass is 9.39. The summed E-state index contributed by atoms with van der Waals surface area (Å²) in [6.07, 6.45) is 1.11. The van der Waals surface area contributed by atoms with Crippen molar-refractivity contribution in [3.63, 3.8) is 0 Å². The first kappa shape index (κ1) is 24.8. The number of aromatic nitrogens is 2. The summed E-state index contributed by atoms with van der Waals surface area (Å²) < 4.78 is 36.1. The van der Waals surface area contributed by atoms with E-state index in [1.807, 2.05) is 20.8 Å². The van der Waals surface area contributed by atoms with E-state index in [2.05, 4.69) is 15.5 Å². The maximum Gasteiger partial charge on any atom is 0.410 e. The van der Waals surface area contributed by atoms with Crippen LogP contribution in [-0.2, 0) is 19.7 Å². The predicted molar refractivity (Wildman–Crippen MR) is 124 cm³/mol. The molecule has 12 heteroatoms. The fourth-order valence-electron chi connectivity index (χ4n) is 5.06. The second-order valence-electron chi connectivity index (χ2n) is 10.7. The van der Waals surface area contributed by atoms with Crippen molar-refractivity contribution in [2.24, 2.45) is 0 Å². The number of carbonyl (C=O) groups is 2. The van der Waals surface area contributed by atoms with Crippen molar-refractivity contribution in [1.29, 1.82) is 0 Å². The molecular formula is C24H28ClFN4O6. The van der Waals surface area contributed by atoms with Crippen LogP contribution in [0.3, 0.4) is 0 Å². The van der Waals surface area contributed by atoms with Crippen LogP contribution in [0, 0.1) is 5.82 Å². The van der Waals surface area contributed by atoms with E-state index in [-0.39, 0.29) is 40.8 Å². The molecule has 4 fully saturated rings. The number of hydrogen-bond donors (Lipinski definition) is 1. The number of amides is 2. The molecule has 2 bridgehead atoms. The summed E-state index contributed by atoms with van der Waals surface area (Å²) >= 11 is 5.66. The highest BCUT2D eigenvalue weighted by Gasteiger charge is 2.71. The first-order valence-electron chi connectivity index (χ1n) is 11.8. The zero-order valence-electron chi connectivity index (χ0n) is 20.3. The summed E-state index contributed by atoms with van der Waals surface area (Å²) in [6.45, 7) is 6.26. The summed E-state index contributed by atoms with van der Waals surface area (Å²) in [6, 6.07) is 4.02. The number of hydrogen-bond acceptors (Lipinski definition) is 8. The number of carbonyl (C=O) groups excluding carboxylic acids is 2. The van der Waals surface area contributed by atoms with Crippen LogP contribution in [0.25, 0.3) is 0 Å². The molecule has 1 atom stereocenters. The number of halogens is 2. The third-order valence-corrected chi connectivity index (χ3v) is 6.89. The molecule has 6 rings (SSSR count). The molecule has 4 aliphatic rings. The average Bonchev–Trinajstić information content (AvgIpc) is 3.25. The van der Waals surface area contributed by atoms with Gasteiger partial charge in [0.2, 0.25) is 11.8 Å². The largest absolute Gasteiger partial charge is 0.484 e. The molecule has 1 aromatic carbocycles. The Kier molecular flexibility index (Phi) is 6.11. The second-order valence-corrected chi connectivity index (χ2v) is 11.1. The van der Waals surface area contributed by atoms with Crippen LogP contribution < -0.4 is 10.1 Å². The quantitative estimate of drug-likeness (QED) is 0.612. The summed E-state index contributed by atoms with van der Waals surface area (Å²) in [5.74, 6) is 0.174. The molecule has 194 valence electrons. The Morgan fingerprint density at radius 2 is 2.03 bits per heavy atom. The Hall–Kier alpha value is -2.92. The van der Waals surface area contributed by atoms with Crippen LogP contribution in [0.2, 0.25) is 5.02 Å².